The number of halogens is 1. The van der Waals surface area contributed by atoms with Crippen molar-refractivity contribution in [2.45, 2.75) is 39.8 Å². The quantitative estimate of drug-likeness (QED) is 0.894. The third-order valence-corrected chi connectivity index (χ3v) is 3.78. The molecule has 1 aromatic heterocycles. The standard InChI is InChI=1S/C12H20ClNOS/c1-5-15-11(12(2,3)4)10(14)8-6-7-9(13)16-8/h6-7,10-11H,5,14H2,1-4H3. The van der Waals surface area contributed by atoms with E-state index in [0.29, 0.717) is 6.61 Å². The highest BCUT2D eigenvalue weighted by atomic mass is 35.5. The maximum atomic E-state index is 6.25. The fourth-order valence-corrected chi connectivity index (χ4v) is 2.82. The lowest BCUT2D eigenvalue weighted by Crippen LogP contribution is -2.39. The normalized spacial score (nSPS) is 16.1. The van der Waals surface area contributed by atoms with Crippen LogP contribution in [0.4, 0.5) is 0 Å². The maximum absolute atomic E-state index is 6.25. The van der Waals surface area contributed by atoms with Crippen molar-refractivity contribution in [1.29, 1.82) is 0 Å². The van der Waals surface area contributed by atoms with Gasteiger partial charge in [-0.1, -0.05) is 32.4 Å². The molecule has 2 atom stereocenters. The third kappa shape index (κ3) is 3.45. The van der Waals surface area contributed by atoms with E-state index in [1.54, 1.807) is 0 Å². The molecule has 0 spiro atoms. The minimum atomic E-state index is -0.113. The molecule has 2 unspecified atom stereocenters. The molecule has 4 heteroatoms. The second kappa shape index (κ2) is 5.50. The van der Waals surface area contributed by atoms with Crippen LogP contribution in [0.5, 0.6) is 0 Å². The lowest BCUT2D eigenvalue weighted by molar-refractivity contribution is -0.0276. The summed E-state index contributed by atoms with van der Waals surface area (Å²) in [5.74, 6) is 0. The van der Waals surface area contributed by atoms with Gasteiger partial charge >= 0.3 is 0 Å². The highest BCUT2D eigenvalue weighted by molar-refractivity contribution is 7.16. The summed E-state index contributed by atoms with van der Waals surface area (Å²) in [4.78, 5) is 1.08. The first kappa shape index (κ1) is 14.0. The lowest BCUT2D eigenvalue weighted by Gasteiger charge is -2.34. The molecule has 0 fully saturated rings. The van der Waals surface area contributed by atoms with Crippen LogP contribution in [0.2, 0.25) is 4.34 Å². The second-order valence-electron chi connectivity index (χ2n) is 4.91. The van der Waals surface area contributed by atoms with Crippen LogP contribution in [0, 0.1) is 5.41 Å². The summed E-state index contributed by atoms with van der Waals surface area (Å²) in [5, 5.41) is 0. The van der Waals surface area contributed by atoms with Crippen molar-refractivity contribution in [3.8, 4) is 0 Å². The van der Waals surface area contributed by atoms with Crippen molar-refractivity contribution in [3.63, 3.8) is 0 Å². The number of hydrogen-bond acceptors (Lipinski definition) is 3. The van der Waals surface area contributed by atoms with Gasteiger partial charge in [0.25, 0.3) is 0 Å². The molecule has 2 N–H and O–H groups in total. The molecular formula is C12H20ClNOS. The fourth-order valence-electron chi connectivity index (χ4n) is 1.73. The van der Waals surface area contributed by atoms with Gasteiger partial charge in [-0.2, -0.15) is 0 Å². The smallest absolute Gasteiger partial charge is 0.0931 e. The van der Waals surface area contributed by atoms with Gasteiger partial charge in [-0.05, 0) is 24.5 Å². The molecule has 0 aliphatic carbocycles. The lowest BCUT2D eigenvalue weighted by atomic mass is 9.84. The Bertz CT molecular complexity index is 332. The molecule has 0 amide bonds. The molecule has 0 aliphatic rings. The Morgan fingerprint density at radius 1 is 1.44 bits per heavy atom. The van der Waals surface area contributed by atoms with Crippen LogP contribution in [-0.4, -0.2) is 12.7 Å². The Morgan fingerprint density at radius 2 is 2.06 bits per heavy atom. The van der Waals surface area contributed by atoms with Crippen LogP contribution < -0.4 is 5.73 Å². The van der Waals surface area contributed by atoms with E-state index in [1.807, 2.05) is 19.1 Å². The monoisotopic (exact) mass is 261 g/mol. The number of thiophene rings is 1. The van der Waals surface area contributed by atoms with Crippen molar-refractivity contribution >= 4 is 22.9 Å². The molecule has 1 aromatic rings. The number of nitrogens with two attached hydrogens (primary N) is 1. The SMILES string of the molecule is CCOC(C(N)c1ccc(Cl)s1)C(C)(C)C. The van der Waals surface area contributed by atoms with Crippen molar-refractivity contribution in [2.24, 2.45) is 11.1 Å². The van der Waals surface area contributed by atoms with Gasteiger partial charge in [0.15, 0.2) is 0 Å². The van der Waals surface area contributed by atoms with Gasteiger partial charge in [-0.25, -0.2) is 0 Å². The molecule has 92 valence electrons. The Labute approximate surface area is 107 Å². The molecule has 0 bridgehead atoms. The molecule has 0 saturated carbocycles. The number of rotatable bonds is 4. The average Bonchev–Trinajstić information content (AvgIpc) is 2.58. The second-order valence-corrected chi connectivity index (χ2v) is 6.66. The molecule has 0 radical (unpaired) electrons. The van der Waals surface area contributed by atoms with Gasteiger partial charge in [0, 0.05) is 11.5 Å². The van der Waals surface area contributed by atoms with E-state index < -0.39 is 0 Å². The summed E-state index contributed by atoms with van der Waals surface area (Å²) < 4.78 is 6.54. The van der Waals surface area contributed by atoms with Crippen LogP contribution in [0.3, 0.4) is 0 Å². The van der Waals surface area contributed by atoms with Gasteiger partial charge in [-0.3, -0.25) is 0 Å². The summed E-state index contributed by atoms with van der Waals surface area (Å²) in [6, 6.07) is 3.75. The van der Waals surface area contributed by atoms with Gasteiger partial charge in [0.1, 0.15) is 0 Å². The summed E-state index contributed by atoms with van der Waals surface area (Å²) in [7, 11) is 0. The predicted octanol–water partition coefficient (Wildman–Crippen LogP) is 3.85. The van der Waals surface area contributed by atoms with E-state index in [-0.39, 0.29) is 17.6 Å². The number of hydrogen-bond donors (Lipinski definition) is 1. The largest absolute Gasteiger partial charge is 0.376 e. The molecule has 16 heavy (non-hydrogen) atoms. The highest BCUT2D eigenvalue weighted by Crippen LogP contribution is 2.35. The Hall–Kier alpha value is -0.0900. The van der Waals surface area contributed by atoms with E-state index in [9.17, 15) is 0 Å². The van der Waals surface area contributed by atoms with Crippen LogP contribution in [-0.2, 0) is 4.74 Å². The number of ether oxygens (including phenoxy) is 1. The molecule has 0 aliphatic heterocycles. The van der Waals surface area contributed by atoms with Crippen molar-refractivity contribution in [2.75, 3.05) is 6.61 Å². The van der Waals surface area contributed by atoms with Crippen molar-refractivity contribution in [3.05, 3.63) is 21.3 Å². The van der Waals surface area contributed by atoms with E-state index >= 15 is 0 Å². The Kier molecular flexibility index (Phi) is 4.80. The average molecular weight is 262 g/mol. The molecule has 0 aromatic carbocycles. The fraction of sp³-hybridized carbons (Fsp3) is 0.667. The Balaban J connectivity index is 2.86. The summed E-state index contributed by atoms with van der Waals surface area (Å²) >= 11 is 7.45. The topological polar surface area (TPSA) is 35.2 Å². The van der Waals surface area contributed by atoms with Crippen LogP contribution in [0.15, 0.2) is 12.1 Å². The molecular weight excluding hydrogens is 242 g/mol. The van der Waals surface area contributed by atoms with Crippen molar-refractivity contribution in [1.82, 2.24) is 0 Å². The van der Waals surface area contributed by atoms with E-state index in [2.05, 4.69) is 20.8 Å². The van der Waals surface area contributed by atoms with Gasteiger partial charge in [0.2, 0.25) is 0 Å². The molecule has 1 rings (SSSR count). The minimum absolute atomic E-state index is 0.00668. The Morgan fingerprint density at radius 3 is 2.44 bits per heavy atom. The zero-order valence-electron chi connectivity index (χ0n) is 10.3. The van der Waals surface area contributed by atoms with E-state index in [1.165, 1.54) is 11.3 Å². The minimum Gasteiger partial charge on any atom is -0.376 e. The molecule has 0 saturated heterocycles. The van der Waals surface area contributed by atoms with Crippen LogP contribution in [0.25, 0.3) is 0 Å². The third-order valence-electron chi connectivity index (χ3n) is 2.45. The summed E-state index contributed by atoms with van der Waals surface area (Å²) in [5.41, 5.74) is 6.27. The van der Waals surface area contributed by atoms with Gasteiger partial charge in [0.05, 0.1) is 16.5 Å². The van der Waals surface area contributed by atoms with Crippen molar-refractivity contribution < 1.29 is 4.74 Å². The first-order chi connectivity index (χ1) is 7.36. The summed E-state index contributed by atoms with van der Waals surface area (Å²) in [6.45, 7) is 9.09. The predicted molar refractivity (Wildman–Crippen MR) is 71.1 cm³/mol. The van der Waals surface area contributed by atoms with E-state index in [4.69, 9.17) is 22.1 Å². The van der Waals surface area contributed by atoms with Crippen LogP contribution >= 0.6 is 22.9 Å². The maximum Gasteiger partial charge on any atom is 0.0931 e. The highest BCUT2D eigenvalue weighted by Gasteiger charge is 2.32. The van der Waals surface area contributed by atoms with Crippen LogP contribution in [0.1, 0.15) is 38.6 Å². The zero-order chi connectivity index (χ0) is 12.3. The van der Waals surface area contributed by atoms with Gasteiger partial charge < -0.3 is 10.5 Å². The van der Waals surface area contributed by atoms with Gasteiger partial charge in [-0.15, -0.1) is 11.3 Å². The zero-order valence-corrected chi connectivity index (χ0v) is 11.9. The first-order valence-corrected chi connectivity index (χ1v) is 6.68. The van der Waals surface area contributed by atoms with E-state index in [0.717, 1.165) is 9.21 Å². The first-order valence-electron chi connectivity index (χ1n) is 5.48. The summed E-state index contributed by atoms with van der Waals surface area (Å²) in [6.07, 6.45) is 0.00668. The molecule has 2 nitrogen and oxygen atoms in total. The molecule has 1 heterocycles.